The van der Waals surface area contributed by atoms with Gasteiger partial charge in [-0.2, -0.15) is 0 Å². The van der Waals surface area contributed by atoms with E-state index in [2.05, 4.69) is 0 Å². The Kier molecular flexibility index (Phi) is 246000. The van der Waals surface area contributed by atoms with Gasteiger partial charge in [-0.25, -0.2) is 0 Å². The van der Waals surface area contributed by atoms with Gasteiger partial charge in [-0.05, 0) is 0 Å². The Morgan fingerprint density at radius 2 is 0.273 bits per heavy atom. The molecule has 0 aliphatic rings. The van der Waals surface area contributed by atoms with Gasteiger partial charge >= 0.3 is 37.7 Å². The van der Waals surface area contributed by atoms with Gasteiger partial charge in [0, 0.05) is 0 Å². The quantitative estimate of drug-likeness (QED) is 0.357. The van der Waals surface area contributed by atoms with E-state index < -0.39 is 0 Å². The van der Waals surface area contributed by atoms with Crippen molar-refractivity contribution in [1.29, 1.82) is 0 Å². The second kappa shape index (κ2) is 1430. The van der Waals surface area contributed by atoms with E-state index in [0.717, 1.165) is 0 Å². The van der Waals surface area contributed by atoms with Crippen molar-refractivity contribution in [3.05, 3.63) is 0 Å². The first kappa shape index (κ1) is 1890. The van der Waals surface area contributed by atoms with Crippen LogP contribution in [0.15, 0.2) is 0 Å². The van der Waals surface area contributed by atoms with Crippen molar-refractivity contribution in [2.24, 2.45) is 0 Å². The van der Waals surface area contributed by atoms with E-state index in [0.29, 0.717) is 0 Å². The fraction of sp³-hybridized carbons (Fsp3) is 0. The van der Waals surface area contributed by atoms with E-state index in [1.54, 1.807) is 0 Å². The average molecular weight is 218 g/mol. The Hall–Kier alpha value is 0.860. The summed E-state index contributed by atoms with van der Waals surface area (Å²) in [7, 11) is 0. The third-order valence-electron chi connectivity index (χ3n) is 0. The third-order valence-corrected chi connectivity index (χ3v) is 0. The normalized spacial score (nSPS) is 0. The minimum absolute atomic E-state index is 0. The van der Waals surface area contributed by atoms with Gasteiger partial charge in [-0.15, -0.1) is 0 Å². The molecule has 0 heterocycles. The molecule has 0 aliphatic heterocycles. The second-order valence-corrected chi connectivity index (χ2v) is 0. The molecule has 0 saturated carbocycles. The first-order valence-electron chi connectivity index (χ1n) is 0. The summed E-state index contributed by atoms with van der Waals surface area (Å²) in [5, 5.41) is 0. The Morgan fingerprint density at radius 3 is 0.273 bits per heavy atom. The van der Waals surface area contributed by atoms with Gasteiger partial charge in [-0.3, -0.25) is 0 Å². The average Bonchev–Trinajstić information content (AvgIpc) is 0. The molecule has 0 aromatic heterocycles. The molecule has 80 valence electrons. The minimum atomic E-state index is 0. The van der Waals surface area contributed by atoms with Gasteiger partial charge in [0.1, 0.15) is 0 Å². The van der Waals surface area contributed by atoms with Crippen molar-refractivity contribution >= 4 is 37.7 Å². The fourth-order valence-electron chi connectivity index (χ4n) is 0. The van der Waals surface area contributed by atoms with Gasteiger partial charge in [-0.1, -0.05) is 0 Å². The summed E-state index contributed by atoms with van der Waals surface area (Å²) in [6.07, 6.45) is 0. The van der Waals surface area contributed by atoms with Crippen LogP contribution < -0.4 is 0 Å². The molecule has 0 unspecified atom stereocenters. The van der Waals surface area contributed by atoms with Crippen molar-refractivity contribution < 1.29 is 54.8 Å². The van der Waals surface area contributed by atoms with Crippen LogP contribution in [0, 0.1) is 0 Å². The van der Waals surface area contributed by atoms with Gasteiger partial charge in [0.25, 0.3) is 0 Å². The van der Waals surface area contributed by atoms with Crippen LogP contribution in [0.4, 0.5) is 0 Å². The van der Waals surface area contributed by atoms with Gasteiger partial charge in [0.2, 0.25) is 0 Å². The van der Waals surface area contributed by atoms with Crippen molar-refractivity contribution in [2.75, 3.05) is 0 Å². The summed E-state index contributed by atoms with van der Waals surface area (Å²) in [6, 6.07) is 0. The van der Waals surface area contributed by atoms with Crippen LogP contribution in [0.2, 0.25) is 0 Å². The third kappa shape index (κ3) is 1150. The van der Waals surface area contributed by atoms with E-state index in [1.165, 1.54) is 0 Å². The molecule has 18 N–H and O–H groups in total. The zero-order valence-electron chi connectivity index (χ0n) is 5.60. The number of hydrogen-bond donors (Lipinski definition) is 0. The molecule has 0 radical (unpaired) electrons. The van der Waals surface area contributed by atoms with E-state index in [9.17, 15) is 0 Å². The predicted octanol–water partition coefficient (Wildman–Crippen LogP) is -7.33. The number of rotatable bonds is 0. The summed E-state index contributed by atoms with van der Waals surface area (Å²) >= 11 is 0. The van der Waals surface area contributed by atoms with E-state index >= 15 is 0 Å². The molecule has 11 heteroatoms. The Balaban J connectivity index is 0. The minimum Gasteiger partial charge on any atom is -0.870 e. The molecule has 0 amide bonds. The molecule has 0 rings (SSSR count). The summed E-state index contributed by atoms with van der Waals surface area (Å²) in [5.74, 6) is 0. The zero-order chi connectivity index (χ0) is 0. The van der Waals surface area contributed by atoms with Gasteiger partial charge in [0.05, 0.1) is 0 Å². The van der Waals surface area contributed by atoms with Crippen LogP contribution in [0.1, 0.15) is 0 Å². The molecule has 0 aliphatic carbocycles. The maximum Gasteiger partial charge on any atom is 2.00 e. The molecular weight excluding hydrogens is 200 g/mol. The SMILES string of the molecule is O.O.O.O.O.O.O.O.[Ca+2].[OH-].[OH-]. The summed E-state index contributed by atoms with van der Waals surface area (Å²) in [4.78, 5) is 0. The molecule has 0 atom stereocenters. The van der Waals surface area contributed by atoms with Crippen molar-refractivity contribution in [1.82, 2.24) is 0 Å². The summed E-state index contributed by atoms with van der Waals surface area (Å²) in [5.41, 5.74) is 0. The Bertz CT molecular complexity index is 4.83. The van der Waals surface area contributed by atoms with E-state index in [1.807, 2.05) is 0 Å². The molecule has 0 aromatic rings. The maximum atomic E-state index is 0. The van der Waals surface area contributed by atoms with Gasteiger partial charge < -0.3 is 54.8 Å². The van der Waals surface area contributed by atoms with Crippen LogP contribution in [-0.4, -0.2) is 92.5 Å². The van der Waals surface area contributed by atoms with Gasteiger partial charge in [0.15, 0.2) is 0 Å². The Morgan fingerprint density at radius 1 is 0.273 bits per heavy atom. The summed E-state index contributed by atoms with van der Waals surface area (Å²) in [6.45, 7) is 0. The maximum absolute atomic E-state index is 0. The van der Waals surface area contributed by atoms with Crippen LogP contribution in [0.25, 0.3) is 0 Å². The van der Waals surface area contributed by atoms with Crippen LogP contribution in [-0.2, 0) is 0 Å². The smallest absolute Gasteiger partial charge is 0.870 e. The molecular formula is H18CaO10. The molecule has 0 aromatic carbocycles. The number of hydrogen-bond acceptors (Lipinski definition) is 2. The van der Waals surface area contributed by atoms with Crippen molar-refractivity contribution in [3.8, 4) is 0 Å². The first-order valence-corrected chi connectivity index (χ1v) is 0. The topological polar surface area (TPSA) is 312 Å². The first-order chi connectivity index (χ1) is 0. The molecule has 10 nitrogen and oxygen atoms in total. The molecule has 11 heavy (non-hydrogen) atoms. The second-order valence-electron chi connectivity index (χ2n) is 0. The van der Waals surface area contributed by atoms with Crippen LogP contribution in [0.3, 0.4) is 0 Å². The molecule has 0 spiro atoms. The van der Waals surface area contributed by atoms with Crippen LogP contribution in [0.5, 0.6) is 0 Å². The Labute approximate surface area is 92.3 Å². The van der Waals surface area contributed by atoms with Crippen molar-refractivity contribution in [2.45, 2.75) is 0 Å². The van der Waals surface area contributed by atoms with Crippen molar-refractivity contribution in [3.63, 3.8) is 0 Å². The van der Waals surface area contributed by atoms with E-state index in [-0.39, 0.29) is 92.5 Å². The standard InChI is InChI=1S/Ca.10H2O/h;10*1H2/q+2;;;;;;;;;;/p-2. The van der Waals surface area contributed by atoms with Crippen LogP contribution >= 0.6 is 0 Å². The largest absolute Gasteiger partial charge is 2.00 e. The van der Waals surface area contributed by atoms with E-state index in [4.69, 9.17) is 0 Å². The molecule has 0 fully saturated rings. The molecule has 0 saturated heterocycles. The predicted molar refractivity (Wildman–Crippen MR) is 38.5 cm³/mol. The zero-order valence-corrected chi connectivity index (χ0v) is 7.81. The fourth-order valence-corrected chi connectivity index (χ4v) is 0. The summed E-state index contributed by atoms with van der Waals surface area (Å²) < 4.78 is 0. The monoisotopic (exact) mass is 218 g/mol. The molecule has 0 bridgehead atoms.